The number of carboxylic acid groups (broad SMARTS) is 1. The lowest BCUT2D eigenvalue weighted by atomic mass is 10.1. The fraction of sp³-hybridized carbons (Fsp3) is 0.133. The Balaban J connectivity index is 2.08. The molecular formula is C15H13FO3. The van der Waals surface area contributed by atoms with Gasteiger partial charge < -0.3 is 9.84 Å². The van der Waals surface area contributed by atoms with Gasteiger partial charge in [-0.1, -0.05) is 18.2 Å². The van der Waals surface area contributed by atoms with Crippen LogP contribution in [0.1, 0.15) is 21.5 Å². The van der Waals surface area contributed by atoms with Crippen LogP contribution in [0.3, 0.4) is 0 Å². The average Bonchev–Trinajstić information content (AvgIpc) is 2.36. The number of hydrogen-bond acceptors (Lipinski definition) is 2. The predicted octanol–water partition coefficient (Wildman–Crippen LogP) is 3.41. The van der Waals surface area contributed by atoms with Crippen molar-refractivity contribution < 1.29 is 19.0 Å². The second-order valence-electron chi connectivity index (χ2n) is 4.20. The number of aryl methyl sites for hydroxylation is 1. The predicted molar refractivity (Wildman–Crippen MR) is 68.9 cm³/mol. The molecular weight excluding hydrogens is 247 g/mol. The van der Waals surface area contributed by atoms with Crippen molar-refractivity contribution in [2.45, 2.75) is 13.5 Å². The molecule has 1 N–H and O–H groups in total. The number of rotatable bonds is 4. The van der Waals surface area contributed by atoms with Crippen molar-refractivity contribution in [1.82, 2.24) is 0 Å². The topological polar surface area (TPSA) is 46.5 Å². The molecule has 0 saturated carbocycles. The van der Waals surface area contributed by atoms with Crippen LogP contribution in [0.2, 0.25) is 0 Å². The fourth-order valence-corrected chi connectivity index (χ4v) is 1.78. The van der Waals surface area contributed by atoms with Crippen molar-refractivity contribution in [1.29, 1.82) is 0 Å². The normalized spacial score (nSPS) is 10.2. The lowest BCUT2D eigenvalue weighted by Gasteiger charge is -2.08. The van der Waals surface area contributed by atoms with Crippen LogP contribution in [0.4, 0.5) is 4.39 Å². The molecule has 2 aromatic rings. The summed E-state index contributed by atoms with van der Waals surface area (Å²) >= 11 is 0. The zero-order chi connectivity index (χ0) is 13.8. The van der Waals surface area contributed by atoms with Crippen LogP contribution < -0.4 is 4.74 Å². The minimum atomic E-state index is -0.949. The van der Waals surface area contributed by atoms with Crippen molar-refractivity contribution >= 4 is 5.97 Å². The summed E-state index contributed by atoms with van der Waals surface area (Å²) in [5.74, 6) is -0.857. The molecule has 2 aromatic carbocycles. The van der Waals surface area contributed by atoms with E-state index >= 15 is 0 Å². The summed E-state index contributed by atoms with van der Waals surface area (Å²) in [5, 5.41) is 8.92. The minimum Gasteiger partial charge on any atom is -0.489 e. The van der Waals surface area contributed by atoms with E-state index in [9.17, 15) is 9.18 Å². The van der Waals surface area contributed by atoms with Crippen LogP contribution in [-0.2, 0) is 6.61 Å². The SMILES string of the molecule is Cc1cc(COc2cccc(F)c2)ccc1C(=O)O. The second kappa shape index (κ2) is 5.52. The van der Waals surface area contributed by atoms with Gasteiger partial charge >= 0.3 is 5.97 Å². The number of ether oxygens (including phenoxy) is 1. The van der Waals surface area contributed by atoms with E-state index in [-0.39, 0.29) is 18.0 Å². The molecule has 0 atom stereocenters. The Kier molecular flexibility index (Phi) is 3.80. The van der Waals surface area contributed by atoms with Crippen LogP contribution in [0.25, 0.3) is 0 Å². The number of benzene rings is 2. The van der Waals surface area contributed by atoms with Crippen molar-refractivity contribution in [3.63, 3.8) is 0 Å². The quantitative estimate of drug-likeness (QED) is 0.916. The molecule has 4 heteroatoms. The zero-order valence-corrected chi connectivity index (χ0v) is 10.4. The average molecular weight is 260 g/mol. The molecule has 0 aliphatic carbocycles. The Hall–Kier alpha value is -2.36. The van der Waals surface area contributed by atoms with Gasteiger partial charge in [0, 0.05) is 6.07 Å². The third-order valence-corrected chi connectivity index (χ3v) is 2.72. The lowest BCUT2D eigenvalue weighted by Crippen LogP contribution is -2.02. The van der Waals surface area contributed by atoms with Gasteiger partial charge in [0.05, 0.1) is 5.56 Å². The van der Waals surface area contributed by atoms with Crippen LogP contribution in [0.5, 0.6) is 5.75 Å². The number of carboxylic acids is 1. The van der Waals surface area contributed by atoms with Gasteiger partial charge in [-0.2, -0.15) is 0 Å². The van der Waals surface area contributed by atoms with Crippen molar-refractivity contribution in [3.8, 4) is 5.75 Å². The van der Waals surface area contributed by atoms with Crippen LogP contribution >= 0.6 is 0 Å². The molecule has 0 bridgehead atoms. The Labute approximate surface area is 110 Å². The zero-order valence-electron chi connectivity index (χ0n) is 10.4. The third kappa shape index (κ3) is 3.31. The van der Waals surface area contributed by atoms with Crippen molar-refractivity contribution in [2.24, 2.45) is 0 Å². The molecule has 0 fully saturated rings. The van der Waals surface area contributed by atoms with E-state index in [4.69, 9.17) is 9.84 Å². The van der Waals surface area contributed by atoms with Gasteiger partial charge in [-0.25, -0.2) is 9.18 Å². The monoisotopic (exact) mass is 260 g/mol. The Bertz CT molecular complexity index is 608. The van der Waals surface area contributed by atoms with Crippen molar-refractivity contribution in [2.75, 3.05) is 0 Å². The van der Waals surface area contributed by atoms with Gasteiger partial charge in [-0.15, -0.1) is 0 Å². The fourth-order valence-electron chi connectivity index (χ4n) is 1.78. The molecule has 0 spiro atoms. The Morgan fingerprint density at radius 3 is 2.68 bits per heavy atom. The van der Waals surface area contributed by atoms with Crippen LogP contribution in [0.15, 0.2) is 42.5 Å². The van der Waals surface area contributed by atoms with E-state index in [0.29, 0.717) is 11.3 Å². The highest BCUT2D eigenvalue weighted by molar-refractivity contribution is 5.89. The molecule has 2 rings (SSSR count). The summed E-state index contributed by atoms with van der Waals surface area (Å²) in [5.41, 5.74) is 1.79. The summed E-state index contributed by atoms with van der Waals surface area (Å²) in [4.78, 5) is 10.9. The van der Waals surface area contributed by atoms with Gasteiger partial charge in [-0.05, 0) is 36.2 Å². The number of aromatic carboxylic acids is 1. The molecule has 0 unspecified atom stereocenters. The van der Waals surface area contributed by atoms with E-state index in [1.54, 1.807) is 37.3 Å². The standard InChI is InChI=1S/C15H13FO3/c1-10-7-11(5-6-14(10)15(17)18)9-19-13-4-2-3-12(16)8-13/h2-8H,9H2,1H3,(H,17,18). The first kappa shape index (κ1) is 13.1. The van der Waals surface area contributed by atoms with Gasteiger partial charge in [0.25, 0.3) is 0 Å². The summed E-state index contributed by atoms with van der Waals surface area (Å²) in [6, 6.07) is 10.9. The number of hydrogen-bond donors (Lipinski definition) is 1. The minimum absolute atomic E-state index is 0.268. The van der Waals surface area contributed by atoms with Gasteiger partial charge in [0.1, 0.15) is 18.2 Å². The molecule has 0 radical (unpaired) electrons. The maximum Gasteiger partial charge on any atom is 0.335 e. The number of carbonyl (C=O) groups is 1. The molecule has 0 amide bonds. The highest BCUT2D eigenvalue weighted by Gasteiger charge is 2.07. The van der Waals surface area contributed by atoms with E-state index in [1.807, 2.05) is 0 Å². The third-order valence-electron chi connectivity index (χ3n) is 2.72. The van der Waals surface area contributed by atoms with Gasteiger partial charge in [0.2, 0.25) is 0 Å². The summed E-state index contributed by atoms with van der Waals surface area (Å²) < 4.78 is 18.4. The molecule has 0 aliphatic rings. The molecule has 3 nitrogen and oxygen atoms in total. The number of halogens is 1. The highest BCUT2D eigenvalue weighted by Crippen LogP contribution is 2.16. The first-order valence-corrected chi connectivity index (χ1v) is 5.77. The summed E-state index contributed by atoms with van der Waals surface area (Å²) in [7, 11) is 0. The first-order valence-electron chi connectivity index (χ1n) is 5.77. The molecule has 0 aliphatic heterocycles. The van der Waals surface area contributed by atoms with E-state index in [0.717, 1.165) is 5.56 Å². The van der Waals surface area contributed by atoms with Gasteiger partial charge in [-0.3, -0.25) is 0 Å². The van der Waals surface area contributed by atoms with Crippen LogP contribution in [0, 0.1) is 12.7 Å². The Morgan fingerprint density at radius 1 is 1.26 bits per heavy atom. The highest BCUT2D eigenvalue weighted by atomic mass is 19.1. The molecule has 0 heterocycles. The molecule has 0 saturated heterocycles. The van der Waals surface area contributed by atoms with E-state index < -0.39 is 5.97 Å². The maximum atomic E-state index is 13.0. The van der Waals surface area contributed by atoms with E-state index in [1.165, 1.54) is 12.1 Å². The van der Waals surface area contributed by atoms with Gasteiger partial charge in [0.15, 0.2) is 0 Å². The van der Waals surface area contributed by atoms with Crippen LogP contribution in [-0.4, -0.2) is 11.1 Å². The first-order chi connectivity index (χ1) is 9.06. The Morgan fingerprint density at radius 2 is 2.05 bits per heavy atom. The smallest absolute Gasteiger partial charge is 0.335 e. The second-order valence-corrected chi connectivity index (χ2v) is 4.20. The molecule has 98 valence electrons. The van der Waals surface area contributed by atoms with E-state index in [2.05, 4.69) is 0 Å². The lowest BCUT2D eigenvalue weighted by molar-refractivity contribution is 0.0696. The largest absolute Gasteiger partial charge is 0.489 e. The van der Waals surface area contributed by atoms with Crippen molar-refractivity contribution in [3.05, 3.63) is 65.0 Å². The summed E-state index contributed by atoms with van der Waals surface area (Å²) in [6.07, 6.45) is 0. The maximum absolute atomic E-state index is 13.0. The molecule has 0 aromatic heterocycles. The molecule has 19 heavy (non-hydrogen) atoms. The summed E-state index contributed by atoms with van der Waals surface area (Å²) in [6.45, 7) is 2.00.